The van der Waals surface area contributed by atoms with Crippen LogP contribution < -0.4 is 4.72 Å². The van der Waals surface area contributed by atoms with Crippen LogP contribution in [0.3, 0.4) is 0 Å². The second-order valence-corrected chi connectivity index (χ2v) is 6.52. The lowest BCUT2D eigenvalue weighted by Gasteiger charge is -2.08. The maximum atomic E-state index is 13.6. The lowest BCUT2D eigenvalue weighted by Crippen LogP contribution is -2.13. The van der Waals surface area contributed by atoms with E-state index < -0.39 is 15.8 Å². The van der Waals surface area contributed by atoms with Gasteiger partial charge in [-0.3, -0.25) is 9.40 Å². The summed E-state index contributed by atoms with van der Waals surface area (Å²) < 4.78 is 41.7. The van der Waals surface area contributed by atoms with E-state index in [1.807, 2.05) is 13.8 Å². The van der Waals surface area contributed by atoms with Gasteiger partial charge in [0.15, 0.2) is 0 Å². The van der Waals surface area contributed by atoms with Crippen molar-refractivity contribution in [2.45, 2.75) is 31.7 Å². The van der Waals surface area contributed by atoms with Crippen LogP contribution in [0.2, 0.25) is 0 Å². The summed E-state index contributed by atoms with van der Waals surface area (Å²) in [7, 11) is -3.84. The summed E-state index contributed by atoms with van der Waals surface area (Å²) in [5.41, 5.74) is 0.698. The average Bonchev–Trinajstić information content (AvgIpc) is 2.84. The van der Waals surface area contributed by atoms with Crippen molar-refractivity contribution in [2.75, 3.05) is 4.72 Å². The van der Waals surface area contributed by atoms with E-state index in [1.54, 1.807) is 13.0 Å². The van der Waals surface area contributed by atoms with E-state index in [4.69, 9.17) is 0 Å². The summed E-state index contributed by atoms with van der Waals surface area (Å²) in [6, 6.07) is 4.30. The number of aromatic nitrogens is 2. The van der Waals surface area contributed by atoms with Crippen molar-refractivity contribution >= 4 is 15.7 Å². The highest BCUT2D eigenvalue weighted by molar-refractivity contribution is 7.92. The van der Waals surface area contributed by atoms with Crippen LogP contribution in [0.15, 0.2) is 35.5 Å². The maximum Gasteiger partial charge on any atom is 0.265 e. The van der Waals surface area contributed by atoms with Crippen LogP contribution in [-0.2, 0) is 10.0 Å². The Hall–Kier alpha value is -1.89. The van der Waals surface area contributed by atoms with Crippen LogP contribution in [-0.4, -0.2) is 18.2 Å². The van der Waals surface area contributed by atoms with E-state index in [9.17, 15) is 12.8 Å². The third kappa shape index (κ3) is 2.98. The molecule has 2 aromatic rings. The number of aryl methyl sites for hydroxylation is 1. The molecule has 7 heteroatoms. The number of rotatable bonds is 4. The van der Waals surface area contributed by atoms with Crippen molar-refractivity contribution in [3.8, 4) is 0 Å². The molecule has 0 atom stereocenters. The van der Waals surface area contributed by atoms with Crippen LogP contribution >= 0.6 is 0 Å². The summed E-state index contributed by atoms with van der Waals surface area (Å²) in [6.07, 6.45) is 2.66. The molecular formula is C13H16FN3O2S. The lowest BCUT2D eigenvalue weighted by atomic mass is 10.2. The van der Waals surface area contributed by atoms with Gasteiger partial charge in [-0.25, -0.2) is 12.8 Å². The monoisotopic (exact) mass is 297 g/mol. The molecule has 1 aromatic carbocycles. The van der Waals surface area contributed by atoms with E-state index in [1.165, 1.54) is 29.2 Å². The second kappa shape index (κ2) is 5.24. The molecule has 0 aliphatic carbocycles. The minimum atomic E-state index is -3.84. The molecule has 108 valence electrons. The zero-order valence-corrected chi connectivity index (χ0v) is 12.3. The molecule has 0 radical (unpaired) electrons. The van der Waals surface area contributed by atoms with Gasteiger partial charge in [-0.1, -0.05) is 6.07 Å². The van der Waals surface area contributed by atoms with Crippen molar-refractivity contribution in [3.63, 3.8) is 0 Å². The first-order valence-electron chi connectivity index (χ1n) is 6.13. The molecule has 1 heterocycles. The summed E-state index contributed by atoms with van der Waals surface area (Å²) in [5.74, 6) is -0.615. The summed E-state index contributed by atoms with van der Waals surface area (Å²) in [4.78, 5) is 0.00658. The molecule has 2 rings (SSSR count). The quantitative estimate of drug-likeness (QED) is 0.943. The van der Waals surface area contributed by atoms with Crippen LogP contribution in [0.5, 0.6) is 0 Å². The summed E-state index contributed by atoms with van der Waals surface area (Å²) in [5, 5.41) is 3.97. The van der Waals surface area contributed by atoms with Gasteiger partial charge in [0.1, 0.15) is 10.7 Å². The van der Waals surface area contributed by atoms with Gasteiger partial charge in [0.25, 0.3) is 10.0 Å². The predicted octanol–water partition coefficient (Wildman–Crippen LogP) is 2.71. The molecule has 5 nitrogen and oxygen atoms in total. The highest BCUT2D eigenvalue weighted by Crippen LogP contribution is 2.20. The van der Waals surface area contributed by atoms with E-state index in [0.717, 1.165) is 5.56 Å². The number of halogens is 1. The van der Waals surface area contributed by atoms with Crippen LogP contribution in [0.4, 0.5) is 10.1 Å². The Bertz CT molecular complexity index is 723. The zero-order chi connectivity index (χ0) is 14.9. The van der Waals surface area contributed by atoms with Gasteiger partial charge >= 0.3 is 0 Å². The number of sulfonamides is 1. The number of nitrogens with zero attached hydrogens (tertiary/aromatic N) is 2. The first kappa shape index (κ1) is 14.5. The Kier molecular flexibility index (Phi) is 3.80. The van der Waals surface area contributed by atoms with E-state index in [0.29, 0.717) is 0 Å². The molecule has 0 aliphatic rings. The normalized spacial score (nSPS) is 11.8. The standard InChI is InChI=1S/C13H16FN3O2S/c1-9(2)17-8-11(7-15-17)20(18,19)16-13-6-10(3)4-5-12(13)14/h4-9,16H,1-3H3. The number of anilines is 1. The highest BCUT2D eigenvalue weighted by atomic mass is 32.2. The smallest absolute Gasteiger partial charge is 0.265 e. The SMILES string of the molecule is Cc1ccc(F)c(NS(=O)(=O)c2cnn(C(C)C)c2)c1. The number of hydrogen-bond donors (Lipinski definition) is 1. The summed E-state index contributed by atoms with van der Waals surface area (Å²) >= 11 is 0. The van der Waals surface area contributed by atoms with Crippen molar-refractivity contribution in [1.82, 2.24) is 9.78 Å². The maximum absolute atomic E-state index is 13.6. The largest absolute Gasteiger partial charge is 0.277 e. The third-order valence-electron chi connectivity index (χ3n) is 2.78. The first-order valence-corrected chi connectivity index (χ1v) is 7.61. The minimum absolute atomic E-state index is 0.00658. The molecular weight excluding hydrogens is 281 g/mol. The fourth-order valence-corrected chi connectivity index (χ4v) is 2.66. The number of nitrogens with one attached hydrogen (secondary N) is 1. The Morgan fingerprint density at radius 2 is 2.05 bits per heavy atom. The minimum Gasteiger partial charge on any atom is -0.277 e. The third-order valence-corrected chi connectivity index (χ3v) is 4.10. The van der Waals surface area contributed by atoms with Gasteiger partial charge < -0.3 is 0 Å². The average molecular weight is 297 g/mol. The fraction of sp³-hybridized carbons (Fsp3) is 0.308. The van der Waals surface area contributed by atoms with E-state index in [2.05, 4.69) is 9.82 Å². The van der Waals surface area contributed by atoms with Gasteiger partial charge in [-0.2, -0.15) is 5.10 Å². The second-order valence-electron chi connectivity index (χ2n) is 4.84. The van der Waals surface area contributed by atoms with Crippen LogP contribution in [0.25, 0.3) is 0 Å². The van der Waals surface area contributed by atoms with Gasteiger partial charge in [0.05, 0.1) is 11.9 Å². The Morgan fingerprint density at radius 3 is 2.65 bits per heavy atom. The predicted molar refractivity (Wildman–Crippen MR) is 74.6 cm³/mol. The van der Waals surface area contributed by atoms with E-state index in [-0.39, 0.29) is 16.6 Å². The van der Waals surface area contributed by atoms with Crippen LogP contribution in [0, 0.1) is 12.7 Å². The van der Waals surface area contributed by atoms with E-state index >= 15 is 0 Å². The van der Waals surface area contributed by atoms with Crippen molar-refractivity contribution < 1.29 is 12.8 Å². The Labute approximate surface area is 117 Å². The topological polar surface area (TPSA) is 64.0 Å². The molecule has 0 spiro atoms. The Balaban J connectivity index is 2.33. The van der Waals surface area contributed by atoms with Crippen molar-refractivity contribution in [2.24, 2.45) is 0 Å². The van der Waals surface area contributed by atoms with Gasteiger partial charge in [0, 0.05) is 12.2 Å². The molecule has 1 aromatic heterocycles. The molecule has 0 amide bonds. The summed E-state index contributed by atoms with van der Waals surface area (Å²) in [6.45, 7) is 5.53. The van der Waals surface area contributed by atoms with Crippen molar-refractivity contribution in [1.29, 1.82) is 0 Å². The van der Waals surface area contributed by atoms with Gasteiger partial charge in [-0.15, -0.1) is 0 Å². The molecule has 0 fully saturated rings. The van der Waals surface area contributed by atoms with Gasteiger partial charge in [0.2, 0.25) is 0 Å². The number of benzene rings is 1. The molecule has 1 N–H and O–H groups in total. The van der Waals surface area contributed by atoms with Crippen LogP contribution in [0.1, 0.15) is 25.5 Å². The Morgan fingerprint density at radius 1 is 1.35 bits per heavy atom. The molecule has 0 unspecified atom stereocenters. The zero-order valence-electron chi connectivity index (χ0n) is 11.5. The molecule has 0 bridgehead atoms. The lowest BCUT2D eigenvalue weighted by molar-refractivity contribution is 0.531. The van der Waals surface area contributed by atoms with Crippen molar-refractivity contribution in [3.05, 3.63) is 42.0 Å². The fourth-order valence-electron chi connectivity index (χ4n) is 1.66. The first-order chi connectivity index (χ1) is 9.29. The highest BCUT2D eigenvalue weighted by Gasteiger charge is 2.19. The number of hydrogen-bond acceptors (Lipinski definition) is 3. The molecule has 20 heavy (non-hydrogen) atoms. The van der Waals surface area contributed by atoms with Gasteiger partial charge in [-0.05, 0) is 38.5 Å². The molecule has 0 aliphatic heterocycles. The molecule has 0 saturated carbocycles. The molecule has 0 saturated heterocycles.